The predicted molar refractivity (Wildman–Crippen MR) is 73.5 cm³/mol. The third kappa shape index (κ3) is 2.56. The van der Waals surface area contributed by atoms with Gasteiger partial charge in [0.1, 0.15) is 29.0 Å². The van der Waals surface area contributed by atoms with Gasteiger partial charge in [-0.2, -0.15) is 0 Å². The number of carboxylic acid groups (broad SMARTS) is 1. The molecule has 1 amide bonds. The van der Waals surface area contributed by atoms with Crippen molar-refractivity contribution < 1.29 is 27.9 Å². The minimum atomic E-state index is -1.31. The van der Waals surface area contributed by atoms with E-state index < -0.39 is 34.6 Å². The molecule has 0 spiro atoms. The fraction of sp³-hybridized carbons (Fsp3) is 0.267. The van der Waals surface area contributed by atoms with Gasteiger partial charge in [-0.3, -0.25) is 4.79 Å². The summed E-state index contributed by atoms with van der Waals surface area (Å²) < 4.78 is 32.3. The van der Waals surface area contributed by atoms with E-state index >= 15 is 0 Å². The molecule has 3 rings (SSSR count). The van der Waals surface area contributed by atoms with Crippen LogP contribution in [0.25, 0.3) is 11.5 Å². The first-order valence-electron chi connectivity index (χ1n) is 6.89. The number of hydrogen-bond acceptors (Lipinski definition) is 4. The predicted octanol–water partition coefficient (Wildman–Crippen LogP) is 2.36. The van der Waals surface area contributed by atoms with E-state index in [1.807, 2.05) is 0 Å². The molecule has 120 valence electrons. The van der Waals surface area contributed by atoms with Crippen molar-refractivity contribution in [3.63, 3.8) is 0 Å². The lowest BCUT2D eigenvalue weighted by Gasteiger charge is -2.37. The SMILES string of the molecule is O=C(NC1(C(=O)O)CCC1)c1coc(-c2c(F)cccc2F)n1. The molecule has 23 heavy (non-hydrogen) atoms. The quantitative estimate of drug-likeness (QED) is 0.901. The van der Waals surface area contributed by atoms with E-state index in [1.54, 1.807) is 0 Å². The Morgan fingerprint density at radius 1 is 1.26 bits per heavy atom. The molecule has 2 aromatic rings. The lowest BCUT2D eigenvalue weighted by molar-refractivity contribution is -0.148. The summed E-state index contributed by atoms with van der Waals surface area (Å²) in [6.07, 6.45) is 2.27. The number of carbonyl (C=O) groups is 2. The van der Waals surface area contributed by atoms with Crippen LogP contribution in [0.5, 0.6) is 0 Å². The molecule has 0 atom stereocenters. The maximum atomic E-state index is 13.7. The third-order valence-electron chi connectivity index (χ3n) is 3.88. The average Bonchev–Trinajstić information content (AvgIpc) is 2.91. The molecule has 0 unspecified atom stereocenters. The highest BCUT2D eigenvalue weighted by atomic mass is 19.1. The minimum Gasteiger partial charge on any atom is -0.480 e. The number of aliphatic carboxylic acids is 1. The summed E-state index contributed by atoms with van der Waals surface area (Å²) >= 11 is 0. The average molecular weight is 322 g/mol. The second-order valence-corrected chi connectivity index (χ2v) is 5.33. The molecular weight excluding hydrogens is 310 g/mol. The van der Waals surface area contributed by atoms with Gasteiger partial charge < -0.3 is 14.8 Å². The summed E-state index contributed by atoms with van der Waals surface area (Å²) in [7, 11) is 0. The van der Waals surface area contributed by atoms with Gasteiger partial charge in [0.05, 0.1) is 0 Å². The van der Waals surface area contributed by atoms with E-state index in [9.17, 15) is 23.5 Å². The van der Waals surface area contributed by atoms with Crippen LogP contribution >= 0.6 is 0 Å². The Morgan fingerprint density at radius 3 is 2.43 bits per heavy atom. The summed E-state index contributed by atoms with van der Waals surface area (Å²) in [6.45, 7) is 0. The molecular formula is C15H12F2N2O4. The highest BCUT2D eigenvalue weighted by Crippen LogP contribution is 2.32. The molecule has 0 saturated heterocycles. The van der Waals surface area contributed by atoms with Crippen LogP contribution in [0.3, 0.4) is 0 Å². The molecule has 1 heterocycles. The number of hydrogen-bond donors (Lipinski definition) is 2. The summed E-state index contributed by atoms with van der Waals surface area (Å²) in [5, 5.41) is 11.6. The van der Waals surface area contributed by atoms with Gasteiger partial charge in [-0.05, 0) is 31.4 Å². The van der Waals surface area contributed by atoms with Gasteiger partial charge in [0.15, 0.2) is 5.69 Å². The largest absolute Gasteiger partial charge is 0.480 e. The van der Waals surface area contributed by atoms with Crippen LogP contribution in [0.2, 0.25) is 0 Å². The summed E-state index contributed by atoms with van der Waals surface area (Å²) in [4.78, 5) is 27.1. The van der Waals surface area contributed by atoms with Gasteiger partial charge in [0.2, 0.25) is 5.89 Å². The Morgan fingerprint density at radius 2 is 1.91 bits per heavy atom. The van der Waals surface area contributed by atoms with Gasteiger partial charge in [-0.25, -0.2) is 18.6 Å². The lowest BCUT2D eigenvalue weighted by Crippen LogP contribution is -2.59. The highest BCUT2D eigenvalue weighted by molar-refractivity contribution is 5.96. The molecule has 1 aliphatic rings. The zero-order valence-electron chi connectivity index (χ0n) is 11.8. The van der Waals surface area contributed by atoms with E-state index in [1.165, 1.54) is 6.07 Å². The number of aromatic nitrogens is 1. The number of nitrogens with zero attached hydrogens (tertiary/aromatic N) is 1. The smallest absolute Gasteiger partial charge is 0.329 e. The Balaban J connectivity index is 1.85. The molecule has 1 aromatic carbocycles. The fourth-order valence-corrected chi connectivity index (χ4v) is 2.40. The standard InChI is InChI=1S/C15H12F2N2O4/c16-8-3-1-4-9(17)11(8)13-18-10(7-23-13)12(20)19-15(14(21)22)5-2-6-15/h1,3-4,7H,2,5-6H2,(H,19,20)(H,21,22). The molecule has 1 aromatic heterocycles. The summed E-state index contributed by atoms with van der Waals surface area (Å²) in [5.41, 5.74) is -2.03. The maximum absolute atomic E-state index is 13.7. The summed E-state index contributed by atoms with van der Waals surface area (Å²) in [5.74, 6) is -4.02. The number of nitrogens with one attached hydrogen (secondary N) is 1. The van der Waals surface area contributed by atoms with Crippen molar-refractivity contribution in [1.82, 2.24) is 10.3 Å². The Bertz CT molecular complexity index is 763. The van der Waals surface area contributed by atoms with Crippen molar-refractivity contribution >= 4 is 11.9 Å². The van der Waals surface area contributed by atoms with Crippen LogP contribution < -0.4 is 5.32 Å². The van der Waals surface area contributed by atoms with Gasteiger partial charge in [-0.15, -0.1) is 0 Å². The van der Waals surface area contributed by atoms with Crippen molar-refractivity contribution in [2.75, 3.05) is 0 Å². The molecule has 1 saturated carbocycles. The number of rotatable bonds is 4. The molecule has 1 fully saturated rings. The number of carboxylic acids is 1. The van der Waals surface area contributed by atoms with Crippen molar-refractivity contribution in [1.29, 1.82) is 0 Å². The first-order valence-corrected chi connectivity index (χ1v) is 6.89. The maximum Gasteiger partial charge on any atom is 0.329 e. The molecule has 0 bridgehead atoms. The second-order valence-electron chi connectivity index (χ2n) is 5.33. The summed E-state index contributed by atoms with van der Waals surface area (Å²) in [6, 6.07) is 3.27. The van der Waals surface area contributed by atoms with E-state index in [2.05, 4.69) is 10.3 Å². The lowest BCUT2D eigenvalue weighted by atomic mass is 9.76. The first kappa shape index (κ1) is 15.1. The third-order valence-corrected chi connectivity index (χ3v) is 3.88. The monoisotopic (exact) mass is 322 g/mol. The van der Waals surface area contributed by atoms with Crippen LogP contribution in [0.4, 0.5) is 8.78 Å². The fourth-order valence-electron chi connectivity index (χ4n) is 2.40. The molecule has 1 aliphatic carbocycles. The van der Waals surface area contributed by atoms with Gasteiger partial charge in [0, 0.05) is 0 Å². The van der Waals surface area contributed by atoms with E-state index in [0.717, 1.165) is 18.4 Å². The minimum absolute atomic E-state index is 0.241. The van der Waals surface area contributed by atoms with Crippen LogP contribution in [-0.4, -0.2) is 27.5 Å². The van der Waals surface area contributed by atoms with Crippen LogP contribution in [0.15, 0.2) is 28.9 Å². The topological polar surface area (TPSA) is 92.4 Å². The van der Waals surface area contributed by atoms with Gasteiger partial charge >= 0.3 is 5.97 Å². The Labute approximate surface area is 129 Å². The number of carbonyl (C=O) groups excluding carboxylic acids is 1. The molecule has 0 aliphatic heterocycles. The Kier molecular flexibility index (Phi) is 3.59. The molecule has 2 N–H and O–H groups in total. The van der Waals surface area contributed by atoms with Crippen molar-refractivity contribution in [2.45, 2.75) is 24.8 Å². The van der Waals surface area contributed by atoms with Crippen LogP contribution in [0.1, 0.15) is 29.8 Å². The van der Waals surface area contributed by atoms with Crippen molar-refractivity contribution in [3.05, 3.63) is 41.8 Å². The Hall–Kier alpha value is -2.77. The molecule has 6 nitrogen and oxygen atoms in total. The van der Waals surface area contributed by atoms with Gasteiger partial charge in [0.25, 0.3) is 5.91 Å². The second kappa shape index (κ2) is 5.45. The van der Waals surface area contributed by atoms with E-state index in [-0.39, 0.29) is 11.6 Å². The van der Waals surface area contributed by atoms with Gasteiger partial charge in [-0.1, -0.05) is 6.07 Å². The normalized spacial score (nSPS) is 15.7. The molecule has 8 heteroatoms. The molecule has 0 radical (unpaired) electrons. The zero-order valence-corrected chi connectivity index (χ0v) is 11.8. The number of halogens is 2. The number of oxazole rings is 1. The first-order chi connectivity index (χ1) is 10.9. The van der Waals surface area contributed by atoms with E-state index in [0.29, 0.717) is 19.3 Å². The number of benzene rings is 1. The van der Waals surface area contributed by atoms with E-state index in [4.69, 9.17) is 4.42 Å². The van der Waals surface area contributed by atoms with Crippen molar-refractivity contribution in [2.24, 2.45) is 0 Å². The van der Waals surface area contributed by atoms with Crippen molar-refractivity contribution in [3.8, 4) is 11.5 Å². The number of amides is 1. The highest BCUT2D eigenvalue weighted by Gasteiger charge is 2.46. The van der Waals surface area contributed by atoms with Crippen LogP contribution in [0, 0.1) is 11.6 Å². The van der Waals surface area contributed by atoms with Crippen LogP contribution in [-0.2, 0) is 4.79 Å². The zero-order chi connectivity index (χ0) is 16.6.